The molecular formula is C4F9N. The molecule has 0 spiro atoms. The van der Waals surface area contributed by atoms with E-state index in [4.69, 9.17) is 0 Å². The first-order valence-electron chi connectivity index (χ1n) is 2.65. The summed E-state index contributed by atoms with van der Waals surface area (Å²) in [5.74, 6) is -3.74. The van der Waals surface area contributed by atoms with Gasteiger partial charge in [0.15, 0.2) is 0 Å². The Balaban J connectivity index is 5.00. The Bertz CT molecular complexity index is 232. The van der Waals surface area contributed by atoms with E-state index in [1.807, 2.05) is 0 Å². The lowest BCUT2D eigenvalue weighted by atomic mass is 10.5. The van der Waals surface area contributed by atoms with Crippen LogP contribution in [0.15, 0.2) is 4.99 Å². The van der Waals surface area contributed by atoms with E-state index in [1.54, 1.807) is 0 Å². The molecule has 0 aromatic carbocycles. The maximum absolute atomic E-state index is 11.7. The van der Waals surface area contributed by atoms with E-state index in [-0.39, 0.29) is 0 Å². The molecule has 0 unspecified atom stereocenters. The van der Waals surface area contributed by atoms with E-state index in [0.717, 1.165) is 0 Å². The Kier molecular flexibility index (Phi) is 3.09. The van der Waals surface area contributed by atoms with Gasteiger partial charge in [0.1, 0.15) is 0 Å². The first-order valence-corrected chi connectivity index (χ1v) is 2.65. The highest BCUT2D eigenvalue weighted by Gasteiger charge is 2.59. The average Bonchev–Trinajstić information content (AvgIpc) is 1.80. The summed E-state index contributed by atoms with van der Waals surface area (Å²) in [5, 5.41) is 0. The molecule has 0 aliphatic rings. The molecule has 0 atom stereocenters. The largest absolute Gasteiger partial charge is 0.477 e. The molecule has 14 heavy (non-hydrogen) atoms. The summed E-state index contributed by atoms with van der Waals surface area (Å²) in [6, 6.07) is -6.09. The van der Waals surface area contributed by atoms with Gasteiger partial charge in [-0.2, -0.15) is 44.5 Å². The third-order valence-electron chi connectivity index (χ3n) is 0.814. The summed E-state index contributed by atoms with van der Waals surface area (Å²) >= 11 is 0. The van der Waals surface area contributed by atoms with Crippen LogP contribution in [0.5, 0.6) is 0 Å². The van der Waals surface area contributed by atoms with Crippen LogP contribution in [-0.4, -0.2) is 24.4 Å². The van der Waals surface area contributed by atoms with Gasteiger partial charge in [0, 0.05) is 0 Å². The van der Waals surface area contributed by atoms with Gasteiger partial charge in [0.2, 0.25) is 0 Å². The zero-order valence-corrected chi connectivity index (χ0v) is 5.85. The first-order chi connectivity index (χ1) is 5.88. The van der Waals surface area contributed by atoms with Crippen molar-refractivity contribution < 1.29 is 39.5 Å². The molecule has 0 aliphatic carbocycles. The molecule has 0 radical (unpaired) electrons. The molecule has 0 amide bonds. The van der Waals surface area contributed by atoms with Gasteiger partial charge in [0.05, 0.1) is 0 Å². The van der Waals surface area contributed by atoms with Crippen molar-refractivity contribution in [2.45, 2.75) is 18.4 Å². The van der Waals surface area contributed by atoms with Crippen LogP contribution in [0.3, 0.4) is 0 Å². The summed E-state index contributed by atoms with van der Waals surface area (Å²) in [4.78, 5) is 0.618. The molecule has 0 N–H and O–H groups in total. The van der Waals surface area contributed by atoms with Crippen LogP contribution in [0.2, 0.25) is 0 Å². The van der Waals surface area contributed by atoms with Gasteiger partial charge in [-0.15, -0.1) is 0 Å². The third kappa shape index (κ3) is 3.07. The van der Waals surface area contributed by atoms with Crippen molar-refractivity contribution in [2.75, 3.05) is 0 Å². The highest BCUT2D eigenvalue weighted by atomic mass is 19.4. The summed E-state index contributed by atoms with van der Waals surface area (Å²) < 4.78 is 102. The quantitative estimate of drug-likeness (QED) is 0.375. The minimum Gasteiger partial charge on any atom is -0.180 e. The van der Waals surface area contributed by atoms with Gasteiger partial charge in [-0.05, 0) is 0 Å². The highest BCUT2D eigenvalue weighted by Crippen LogP contribution is 2.37. The van der Waals surface area contributed by atoms with Gasteiger partial charge in [-0.3, -0.25) is 0 Å². The average molecular weight is 233 g/mol. The van der Waals surface area contributed by atoms with Crippen molar-refractivity contribution in [3.8, 4) is 0 Å². The van der Waals surface area contributed by atoms with Gasteiger partial charge >= 0.3 is 18.4 Å². The summed E-state index contributed by atoms with van der Waals surface area (Å²) in [5.41, 5.74) is 0. The van der Waals surface area contributed by atoms with Crippen molar-refractivity contribution in [3.63, 3.8) is 0 Å². The van der Waals surface area contributed by atoms with Gasteiger partial charge < -0.3 is 0 Å². The van der Waals surface area contributed by atoms with Crippen LogP contribution >= 0.6 is 0 Å². The minimum atomic E-state index is -6.37. The molecule has 1 nitrogen and oxygen atoms in total. The first kappa shape index (κ1) is 13.0. The second-order valence-corrected chi connectivity index (χ2v) is 1.94. The van der Waals surface area contributed by atoms with Crippen molar-refractivity contribution in [3.05, 3.63) is 0 Å². The number of hydrogen-bond donors (Lipinski definition) is 0. The van der Waals surface area contributed by atoms with Gasteiger partial charge in [-0.25, -0.2) is 0 Å². The lowest BCUT2D eigenvalue weighted by molar-refractivity contribution is -0.278. The number of nitrogens with zero attached hydrogens (tertiary/aromatic N) is 1. The van der Waals surface area contributed by atoms with E-state index in [0.29, 0.717) is 4.99 Å². The summed E-state index contributed by atoms with van der Waals surface area (Å²) in [7, 11) is 0. The highest BCUT2D eigenvalue weighted by molar-refractivity contribution is 5.80. The maximum Gasteiger partial charge on any atom is 0.477 e. The molecule has 0 aromatic heterocycles. The Morgan fingerprint density at radius 3 is 1.36 bits per heavy atom. The molecule has 0 bridgehead atoms. The van der Waals surface area contributed by atoms with Crippen molar-refractivity contribution in [1.82, 2.24) is 0 Å². The normalized spacial score (nSPS) is 15.9. The molecule has 0 saturated carbocycles. The lowest BCUT2D eigenvalue weighted by Crippen LogP contribution is -2.36. The standard InChI is InChI=1S/C4F9N/c5-1(2(6,7)8)14-4(12,13)3(9,10)11/b14-1+. The smallest absolute Gasteiger partial charge is 0.180 e. The van der Waals surface area contributed by atoms with Crippen molar-refractivity contribution in [1.29, 1.82) is 0 Å². The molecule has 0 aliphatic heterocycles. The van der Waals surface area contributed by atoms with E-state index in [9.17, 15) is 39.5 Å². The van der Waals surface area contributed by atoms with Gasteiger partial charge in [0.25, 0.3) is 5.97 Å². The van der Waals surface area contributed by atoms with E-state index >= 15 is 0 Å². The Morgan fingerprint density at radius 2 is 1.14 bits per heavy atom. The minimum absolute atomic E-state index is 0.618. The van der Waals surface area contributed by atoms with Crippen LogP contribution in [0.1, 0.15) is 0 Å². The van der Waals surface area contributed by atoms with Crippen LogP contribution < -0.4 is 0 Å². The topological polar surface area (TPSA) is 12.4 Å². The second-order valence-electron chi connectivity index (χ2n) is 1.94. The Labute approximate surface area is 70.2 Å². The monoisotopic (exact) mass is 233 g/mol. The van der Waals surface area contributed by atoms with E-state index < -0.39 is 24.4 Å². The predicted molar refractivity (Wildman–Crippen MR) is 25.6 cm³/mol. The Hall–Kier alpha value is -0.960. The Morgan fingerprint density at radius 1 is 0.786 bits per heavy atom. The predicted octanol–water partition coefficient (Wildman–Crippen LogP) is 3.07. The zero-order valence-electron chi connectivity index (χ0n) is 5.85. The second kappa shape index (κ2) is 3.31. The van der Waals surface area contributed by atoms with Gasteiger partial charge in [-0.1, -0.05) is 0 Å². The number of halogens is 9. The molecule has 0 rings (SSSR count). The molecule has 84 valence electrons. The molecule has 0 saturated heterocycles. The van der Waals surface area contributed by atoms with E-state index in [2.05, 4.69) is 0 Å². The molecular weight excluding hydrogens is 233 g/mol. The van der Waals surface area contributed by atoms with Crippen LogP contribution in [0.4, 0.5) is 39.5 Å². The number of rotatable bonds is 1. The number of aliphatic imine (C=N–C) groups is 1. The molecule has 10 heteroatoms. The SMILES string of the molecule is F/C(=N/C(F)(F)C(F)(F)F)C(F)(F)F. The molecule has 0 heterocycles. The van der Waals surface area contributed by atoms with Crippen molar-refractivity contribution >= 4 is 5.97 Å². The lowest BCUT2D eigenvalue weighted by Gasteiger charge is -2.15. The van der Waals surface area contributed by atoms with Crippen molar-refractivity contribution in [2.24, 2.45) is 4.99 Å². The third-order valence-corrected chi connectivity index (χ3v) is 0.814. The fraction of sp³-hybridized carbons (Fsp3) is 0.750. The number of alkyl halides is 8. The van der Waals surface area contributed by atoms with Crippen LogP contribution in [0.25, 0.3) is 0 Å². The molecule has 0 fully saturated rings. The number of hydrogen-bond acceptors (Lipinski definition) is 1. The summed E-state index contributed by atoms with van der Waals surface area (Å²) in [6.07, 6.45) is -12.3. The zero-order chi connectivity index (χ0) is 11.8. The fourth-order valence-electron chi connectivity index (χ4n) is 0.250. The summed E-state index contributed by atoms with van der Waals surface area (Å²) in [6.45, 7) is 0. The van der Waals surface area contributed by atoms with Crippen LogP contribution in [0, 0.1) is 0 Å². The van der Waals surface area contributed by atoms with Crippen LogP contribution in [-0.2, 0) is 0 Å². The maximum atomic E-state index is 11.7. The van der Waals surface area contributed by atoms with E-state index in [1.165, 1.54) is 0 Å². The fourth-order valence-corrected chi connectivity index (χ4v) is 0.250. The molecule has 0 aromatic rings.